The van der Waals surface area contributed by atoms with Gasteiger partial charge in [0.1, 0.15) is 0 Å². The minimum absolute atomic E-state index is 0.128. The van der Waals surface area contributed by atoms with Crippen molar-refractivity contribution < 1.29 is 35.9 Å². The smallest absolute Gasteiger partial charge is 0.435 e. The lowest BCUT2D eigenvalue weighted by Crippen LogP contribution is -2.28. The number of hydrogen-bond acceptors (Lipinski definition) is 3. The van der Waals surface area contributed by atoms with Gasteiger partial charge in [-0.25, -0.2) is 4.79 Å². The SMILES string of the molecule is O=C(NCc1cc(C(F)(F)F)n[nH]1)OCC(F)(F)F. The van der Waals surface area contributed by atoms with E-state index in [9.17, 15) is 31.1 Å². The summed E-state index contributed by atoms with van der Waals surface area (Å²) >= 11 is 0. The normalized spacial score (nSPS) is 12.3. The van der Waals surface area contributed by atoms with Crippen LogP contribution in [0.2, 0.25) is 0 Å². The highest BCUT2D eigenvalue weighted by Gasteiger charge is 2.34. The molecule has 0 aromatic carbocycles. The molecule has 1 rings (SSSR count). The molecule has 0 unspecified atom stereocenters. The van der Waals surface area contributed by atoms with Crippen LogP contribution < -0.4 is 5.32 Å². The predicted molar refractivity (Wildman–Crippen MR) is 47.8 cm³/mol. The van der Waals surface area contributed by atoms with Crippen LogP contribution in [0.15, 0.2) is 6.07 Å². The zero-order valence-corrected chi connectivity index (χ0v) is 9.02. The van der Waals surface area contributed by atoms with Crippen molar-refractivity contribution in [3.63, 3.8) is 0 Å². The Morgan fingerprint density at radius 3 is 2.42 bits per heavy atom. The molecule has 1 aromatic heterocycles. The number of ether oxygens (including phenoxy) is 1. The molecule has 5 nitrogen and oxygen atoms in total. The highest BCUT2D eigenvalue weighted by atomic mass is 19.4. The van der Waals surface area contributed by atoms with Gasteiger partial charge in [-0.15, -0.1) is 0 Å². The Labute approximate surface area is 101 Å². The Morgan fingerprint density at radius 1 is 1.32 bits per heavy atom. The molecule has 0 aliphatic heterocycles. The van der Waals surface area contributed by atoms with Crippen LogP contribution in [0.25, 0.3) is 0 Å². The van der Waals surface area contributed by atoms with E-state index in [-0.39, 0.29) is 5.69 Å². The molecule has 0 fully saturated rings. The third-order valence-corrected chi connectivity index (χ3v) is 1.71. The number of hydrogen-bond donors (Lipinski definition) is 2. The Bertz CT molecular complexity index is 438. The van der Waals surface area contributed by atoms with Crippen molar-refractivity contribution in [3.8, 4) is 0 Å². The molecule has 0 spiro atoms. The van der Waals surface area contributed by atoms with Crippen molar-refractivity contribution in [1.29, 1.82) is 0 Å². The fourth-order valence-corrected chi connectivity index (χ4v) is 0.963. The second kappa shape index (κ2) is 5.36. The molecule has 1 heterocycles. The van der Waals surface area contributed by atoms with Crippen molar-refractivity contribution in [2.45, 2.75) is 18.9 Å². The van der Waals surface area contributed by atoms with E-state index in [0.29, 0.717) is 6.07 Å². The van der Waals surface area contributed by atoms with Crippen molar-refractivity contribution in [2.75, 3.05) is 6.61 Å². The van der Waals surface area contributed by atoms with Crippen LogP contribution in [0.5, 0.6) is 0 Å². The molecule has 0 saturated carbocycles. The van der Waals surface area contributed by atoms with E-state index in [4.69, 9.17) is 0 Å². The third-order valence-electron chi connectivity index (χ3n) is 1.71. The number of amides is 1. The molecule has 19 heavy (non-hydrogen) atoms. The minimum Gasteiger partial charge on any atom is -0.440 e. The Kier molecular flexibility index (Phi) is 4.27. The van der Waals surface area contributed by atoms with Crippen LogP contribution in [-0.2, 0) is 17.5 Å². The maximum atomic E-state index is 12.1. The number of nitrogens with zero attached hydrogens (tertiary/aromatic N) is 1. The fraction of sp³-hybridized carbons (Fsp3) is 0.500. The maximum Gasteiger partial charge on any atom is 0.435 e. The summed E-state index contributed by atoms with van der Waals surface area (Å²) in [6.07, 6.45) is -10.7. The average Bonchev–Trinajstić information content (AvgIpc) is 2.70. The number of halogens is 6. The fourth-order valence-electron chi connectivity index (χ4n) is 0.963. The lowest BCUT2D eigenvalue weighted by molar-refractivity contribution is -0.160. The number of alkyl carbamates (subject to hydrolysis) is 1. The van der Waals surface area contributed by atoms with E-state index < -0.39 is 37.3 Å². The first kappa shape index (κ1) is 15.1. The second-order valence-corrected chi connectivity index (χ2v) is 3.32. The third kappa shape index (κ3) is 5.48. The molecule has 0 aliphatic carbocycles. The van der Waals surface area contributed by atoms with Crippen molar-refractivity contribution in [3.05, 3.63) is 17.5 Å². The van der Waals surface area contributed by atoms with Crippen LogP contribution in [0, 0.1) is 0 Å². The summed E-state index contributed by atoms with van der Waals surface area (Å²) in [5, 5.41) is 6.74. The highest BCUT2D eigenvalue weighted by molar-refractivity contribution is 5.67. The van der Waals surface area contributed by atoms with Crippen molar-refractivity contribution >= 4 is 6.09 Å². The average molecular weight is 291 g/mol. The van der Waals surface area contributed by atoms with Crippen LogP contribution >= 0.6 is 0 Å². The van der Waals surface area contributed by atoms with Gasteiger partial charge in [0.2, 0.25) is 0 Å². The number of aromatic nitrogens is 2. The largest absolute Gasteiger partial charge is 0.440 e. The Balaban J connectivity index is 2.41. The van der Waals surface area contributed by atoms with E-state index in [1.165, 1.54) is 0 Å². The summed E-state index contributed by atoms with van der Waals surface area (Å²) in [6, 6.07) is 0.615. The Morgan fingerprint density at radius 2 is 1.95 bits per heavy atom. The molecule has 0 saturated heterocycles. The van der Waals surface area contributed by atoms with Crippen molar-refractivity contribution in [2.24, 2.45) is 0 Å². The van der Waals surface area contributed by atoms with Gasteiger partial charge in [-0.3, -0.25) is 5.10 Å². The first-order chi connectivity index (χ1) is 8.58. The molecule has 2 N–H and O–H groups in total. The molecule has 0 aliphatic rings. The molecule has 1 aromatic rings. The molecule has 11 heteroatoms. The quantitative estimate of drug-likeness (QED) is 0.839. The monoisotopic (exact) mass is 291 g/mol. The number of aromatic amines is 1. The van der Waals surface area contributed by atoms with E-state index in [1.54, 1.807) is 0 Å². The number of rotatable bonds is 3. The summed E-state index contributed by atoms with van der Waals surface area (Å²) in [4.78, 5) is 10.8. The van der Waals surface area contributed by atoms with Gasteiger partial charge in [0.05, 0.1) is 12.2 Å². The molecule has 1 amide bonds. The second-order valence-electron chi connectivity index (χ2n) is 3.32. The maximum absolute atomic E-state index is 12.1. The van der Waals surface area contributed by atoms with Crippen LogP contribution in [0.1, 0.15) is 11.4 Å². The summed E-state index contributed by atoms with van der Waals surface area (Å²) in [5.74, 6) is 0. The van der Waals surface area contributed by atoms with Gasteiger partial charge in [0.25, 0.3) is 0 Å². The van der Waals surface area contributed by atoms with Gasteiger partial charge in [-0.1, -0.05) is 0 Å². The standard InChI is InChI=1S/C8H7F6N3O2/c9-7(10,11)3-19-6(18)15-2-4-1-5(17-16-4)8(12,13)14/h1H,2-3H2,(H,15,18)(H,16,17). The predicted octanol–water partition coefficient (Wildman–Crippen LogP) is 2.22. The lowest BCUT2D eigenvalue weighted by Gasteiger charge is -2.08. The van der Waals surface area contributed by atoms with E-state index in [1.807, 2.05) is 10.4 Å². The summed E-state index contributed by atoms with van der Waals surface area (Å²) in [5.41, 5.74) is -1.33. The minimum atomic E-state index is -4.67. The van der Waals surface area contributed by atoms with Gasteiger partial charge in [-0.05, 0) is 6.07 Å². The summed E-state index contributed by atoms with van der Waals surface area (Å²) in [6.45, 7) is -2.25. The summed E-state index contributed by atoms with van der Waals surface area (Å²) < 4.78 is 75.2. The zero-order valence-electron chi connectivity index (χ0n) is 9.02. The first-order valence-electron chi connectivity index (χ1n) is 4.67. The van der Waals surface area contributed by atoms with Gasteiger partial charge >= 0.3 is 18.4 Å². The van der Waals surface area contributed by atoms with E-state index >= 15 is 0 Å². The lowest BCUT2D eigenvalue weighted by atomic mass is 10.3. The zero-order chi connectivity index (χ0) is 14.7. The first-order valence-corrected chi connectivity index (χ1v) is 4.67. The molecule has 0 atom stereocenters. The van der Waals surface area contributed by atoms with Gasteiger partial charge in [0.15, 0.2) is 12.3 Å². The topological polar surface area (TPSA) is 67.0 Å². The molecule has 0 radical (unpaired) electrons. The number of carbonyl (C=O) groups excluding carboxylic acids is 1. The van der Waals surface area contributed by atoms with Crippen LogP contribution in [-0.4, -0.2) is 29.1 Å². The number of nitrogens with one attached hydrogen (secondary N) is 2. The molecular weight excluding hydrogens is 284 g/mol. The highest BCUT2D eigenvalue weighted by Crippen LogP contribution is 2.27. The molecule has 108 valence electrons. The van der Waals surface area contributed by atoms with Crippen LogP contribution in [0.3, 0.4) is 0 Å². The number of H-pyrrole nitrogens is 1. The summed E-state index contributed by atoms with van der Waals surface area (Å²) in [7, 11) is 0. The molecular formula is C8H7F6N3O2. The van der Waals surface area contributed by atoms with E-state index in [0.717, 1.165) is 0 Å². The number of carbonyl (C=O) groups is 1. The van der Waals surface area contributed by atoms with Gasteiger partial charge in [0, 0.05) is 0 Å². The van der Waals surface area contributed by atoms with Crippen LogP contribution in [0.4, 0.5) is 31.1 Å². The van der Waals surface area contributed by atoms with Crippen molar-refractivity contribution in [1.82, 2.24) is 15.5 Å². The molecule has 0 bridgehead atoms. The van der Waals surface area contributed by atoms with Gasteiger partial charge in [-0.2, -0.15) is 31.4 Å². The number of alkyl halides is 6. The van der Waals surface area contributed by atoms with E-state index in [2.05, 4.69) is 9.84 Å². The van der Waals surface area contributed by atoms with Gasteiger partial charge < -0.3 is 10.1 Å². The Hall–Kier alpha value is -1.94.